The molecule has 1 atom stereocenters. The highest BCUT2D eigenvalue weighted by molar-refractivity contribution is 5.88. The number of hydrogen-bond acceptors (Lipinski definition) is 4. The van der Waals surface area contributed by atoms with Crippen LogP contribution in [-0.2, 0) is 16.1 Å². The lowest BCUT2D eigenvalue weighted by Gasteiger charge is -2.24. The van der Waals surface area contributed by atoms with Gasteiger partial charge in [0.15, 0.2) is 18.1 Å². The molecular formula is C21H24N2O4. The van der Waals surface area contributed by atoms with Crippen LogP contribution in [0.3, 0.4) is 0 Å². The molecule has 2 aromatic rings. The van der Waals surface area contributed by atoms with Crippen molar-refractivity contribution in [2.75, 3.05) is 20.3 Å². The summed E-state index contributed by atoms with van der Waals surface area (Å²) in [6.07, 6.45) is 1.48. The van der Waals surface area contributed by atoms with Gasteiger partial charge >= 0.3 is 0 Å². The van der Waals surface area contributed by atoms with E-state index >= 15 is 0 Å². The molecule has 6 heteroatoms. The van der Waals surface area contributed by atoms with Gasteiger partial charge in [-0.15, -0.1) is 0 Å². The number of rotatable bonds is 7. The molecule has 0 bridgehead atoms. The van der Waals surface area contributed by atoms with Crippen molar-refractivity contribution in [2.45, 2.75) is 25.4 Å². The summed E-state index contributed by atoms with van der Waals surface area (Å²) < 4.78 is 10.8. The molecule has 6 nitrogen and oxygen atoms in total. The molecule has 1 aliphatic rings. The van der Waals surface area contributed by atoms with E-state index in [4.69, 9.17) is 9.47 Å². The van der Waals surface area contributed by atoms with E-state index in [9.17, 15) is 9.59 Å². The Labute approximate surface area is 159 Å². The normalized spacial score (nSPS) is 16.0. The van der Waals surface area contributed by atoms with Gasteiger partial charge in [-0.25, -0.2) is 0 Å². The van der Waals surface area contributed by atoms with Crippen LogP contribution in [0, 0.1) is 0 Å². The Morgan fingerprint density at radius 2 is 1.78 bits per heavy atom. The third-order valence-corrected chi connectivity index (χ3v) is 4.61. The summed E-state index contributed by atoms with van der Waals surface area (Å²) >= 11 is 0. The molecule has 1 saturated heterocycles. The molecule has 0 saturated carbocycles. The standard InChI is InChI=1S/C21H24N2O4/c1-26-18-11-5-6-12-19(18)27-15-20(24)23-13-7-10-17(23)21(25)22-14-16-8-3-2-4-9-16/h2-6,8-9,11-12,17H,7,10,13-15H2,1H3,(H,22,25)/t17-/m0/s1. The van der Waals surface area contributed by atoms with E-state index in [0.717, 1.165) is 12.0 Å². The topological polar surface area (TPSA) is 67.9 Å². The predicted octanol–water partition coefficient (Wildman–Crippen LogP) is 2.38. The first kappa shape index (κ1) is 18.8. The molecule has 142 valence electrons. The molecule has 1 N–H and O–H groups in total. The zero-order valence-electron chi connectivity index (χ0n) is 15.4. The predicted molar refractivity (Wildman–Crippen MR) is 102 cm³/mol. The van der Waals surface area contributed by atoms with Crippen molar-refractivity contribution in [3.05, 3.63) is 60.2 Å². The van der Waals surface area contributed by atoms with Crippen molar-refractivity contribution in [1.29, 1.82) is 0 Å². The second-order valence-electron chi connectivity index (χ2n) is 6.39. The van der Waals surface area contributed by atoms with Crippen molar-refractivity contribution in [3.8, 4) is 11.5 Å². The van der Waals surface area contributed by atoms with Crippen molar-refractivity contribution in [1.82, 2.24) is 10.2 Å². The summed E-state index contributed by atoms with van der Waals surface area (Å²) in [5.74, 6) is 0.766. The van der Waals surface area contributed by atoms with E-state index in [1.165, 1.54) is 0 Å². The van der Waals surface area contributed by atoms with Gasteiger partial charge in [0, 0.05) is 13.1 Å². The Morgan fingerprint density at radius 1 is 1.07 bits per heavy atom. The molecule has 0 aromatic heterocycles. The monoisotopic (exact) mass is 368 g/mol. The fourth-order valence-corrected chi connectivity index (χ4v) is 3.20. The number of methoxy groups -OCH3 is 1. The first-order valence-corrected chi connectivity index (χ1v) is 9.06. The number of carbonyl (C=O) groups is 2. The molecule has 0 radical (unpaired) electrons. The summed E-state index contributed by atoms with van der Waals surface area (Å²) in [4.78, 5) is 26.7. The van der Waals surface area contributed by atoms with E-state index in [-0.39, 0.29) is 18.4 Å². The summed E-state index contributed by atoms with van der Waals surface area (Å²) in [5, 5.41) is 2.92. The summed E-state index contributed by atoms with van der Waals surface area (Å²) in [6, 6.07) is 16.4. The number of nitrogens with one attached hydrogen (secondary N) is 1. The van der Waals surface area contributed by atoms with E-state index in [1.54, 1.807) is 24.1 Å². The number of benzene rings is 2. The van der Waals surface area contributed by atoms with Gasteiger partial charge < -0.3 is 19.7 Å². The van der Waals surface area contributed by atoms with Gasteiger partial charge in [-0.05, 0) is 30.5 Å². The average molecular weight is 368 g/mol. The molecule has 0 unspecified atom stereocenters. The van der Waals surface area contributed by atoms with Crippen molar-refractivity contribution in [2.24, 2.45) is 0 Å². The van der Waals surface area contributed by atoms with Gasteiger partial charge in [-0.3, -0.25) is 9.59 Å². The van der Waals surface area contributed by atoms with Gasteiger partial charge in [0.2, 0.25) is 5.91 Å². The number of amides is 2. The minimum Gasteiger partial charge on any atom is -0.493 e. The van der Waals surface area contributed by atoms with Crippen LogP contribution < -0.4 is 14.8 Å². The minimum atomic E-state index is -0.442. The maximum Gasteiger partial charge on any atom is 0.261 e. The Kier molecular flexibility index (Phi) is 6.30. The molecule has 1 heterocycles. The molecule has 2 amide bonds. The van der Waals surface area contributed by atoms with Crippen LogP contribution in [0.25, 0.3) is 0 Å². The number of para-hydroxylation sites is 2. The Hall–Kier alpha value is -3.02. The minimum absolute atomic E-state index is 0.122. The second-order valence-corrected chi connectivity index (χ2v) is 6.39. The van der Waals surface area contributed by atoms with Crippen LogP contribution >= 0.6 is 0 Å². The molecule has 3 rings (SSSR count). The number of carbonyl (C=O) groups excluding carboxylic acids is 2. The maximum absolute atomic E-state index is 12.6. The second kappa shape index (κ2) is 9.07. The van der Waals surface area contributed by atoms with Crippen LogP contribution in [0.5, 0.6) is 11.5 Å². The highest BCUT2D eigenvalue weighted by Gasteiger charge is 2.34. The van der Waals surface area contributed by atoms with E-state index < -0.39 is 6.04 Å². The zero-order valence-corrected chi connectivity index (χ0v) is 15.4. The van der Waals surface area contributed by atoms with E-state index in [1.807, 2.05) is 42.5 Å². The number of hydrogen-bond donors (Lipinski definition) is 1. The lowest BCUT2D eigenvalue weighted by Crippen LogP contribution is -2.47. The molecule has 1 fully saturated rings. The summed E-state index contributed by atoms with van der Waals surface area (Å²) in [6.45, 7) is 0.899. The first-order valence-electron chi connectivity index (χ1n) is 9.06. The summed E-state index contributed by atoms with van der Waals surface area (Å²) in [7, 11) is 1.55. The molecule has 0 aliphatic carbocycles. The van der Waals surface area contributed by atoms with Gasteiger partial charge in [0.25, 0.3) is 5.91 Å². The van der Waals surface area contributed by atoms with Crippen molar-refractivity contribution < 1.29 is 19.1 Å². The smallest absolute Gasteiger partial charge is 0.261 e. The quantitative estimate of drug-likeness (QED) is 0.815. The average Bonchev–Trinajstić information content (AvgIpc) is 3.21. The van der Waals surface area contributed by atoms with Gasteiger partial charge in [-0.2, -0.15) is 0 Å². The third kappa shape index (κ3) is 4.78. The first-order chi connectivity index (χ1) is 13.2. The van der Waals surface area contributed by atoms with Crippen LogP contribution in [0.4, 0.5) is 0 Å². The number of ether oxygens (including phenoxy) is 2. The van der Waals surface area contributed by atoms with Gasteiger partial charge in [0.05, 0.1) is 7.11 Å². The summed E-state index contributed by atoms with van der Waals surface area (Å²) in [5.41, 5.74) is 1.03. The molecule has 0 spiro atoms. The maximum atomic E-state index is 12.6. The third-order valence-electron chi connectivity index (χ3n) is 4.61. The largest absolute Gasteiger partial charge is 0.493 e. The van der Waals surface area contributed by atoms with Crippen LogP contribution in [0.1, 0.15) is 18.4 Å². The Balaban J connectivity index is 1.55. The zero-order chi connectivity index (χ0) is 19.1. The number of likely N-dealkylation sites (tertiary alicyclic amines) is 1. The lowest BCUT2D eigenvalue weighted by atomic mass is 10.2. The Morgan fingerprint density at radius 3 is 2.52 bits per heavy atom. The van der Waals surface area contributed by atoms with Gasteiger partial charge in [-0.1, -0.05) is 42.5 Å². The number of nitrogens with zero attached hydrogens (tertiary/aromatic N) is 1. The van der Waals surface area contributed by atoms with Crippen LogP contribution in [-0.4, -0.2) is 43.0 Å². The Bertz CT molecular complexity index is 779. The highest BCUT2D eigenvalue weighted by atomic mass is 16.5. The highest BCUT2D eigenvalue weighted by Crippen LogP contribution is 2.26. The molecule has 27 heavy (non-hydrogen) atoms. The molecule has 2 aromatic carbocycles. The lowest BCUT2D eigenvalue weighted by molar-refractivity contribution is -0.140. The van der Waals surface area contributed by atoms with Crippen molar-refractivity contribution >= 4 is 11.8 Å². The fourth-order valence-electron chi connectivity index (χ4n) is 3.20. The van der Waals surface area contributed by atoms with E-state index in [0.29, 0.717) is 31.0 Å². The van der Waals surface area contributed by atoms with Crippen LogP contribution in [0.15, 0.2) is 54.6 Å². The van der Waals surface area contributed by atoms with Crippen LogP contribution in [0.2, 0.25) is 0 Å². The molecule has 1 aliphatic heterocycles. The van der Waals surface area contributed by atoms with E-state index in [2.05, 4.69) is 5.32 Å². The SMILES string of the molecule is COc1ccccc1OCC(=O)N1CCC[C@H]1C(=O)NCc1ccccc1. The fraction of sp³-hybridized carbons (Fsp3) is 0.333. The van der Waals surface area contributed by atoms with Gasteiger partial charge in [0.1, 0.15) is 6.04 Å². The molecular weight excluding hydrogens is 344 g/mol. The van der Waals surface area contributed by atoms with Crippen molar-refractivity contribution in [3.63, 3.8) is 0 Å².